The maximum Gasteiger partial charge on any atom is 0.410 e. The number of amides is 1. The van der Waals surface area contributed by atoms with Gasteiger partial charge in [-0.05, 0) is 59.1 Å². The van der Waals surface area contributed by atoms with E-state index in [0.717, 1.165) is 0 Å². The van der Waals surface area contributed by atoms with E-state index in [2.05, 4.69) is 9.97 Å². The lowest BCUT2D eigenvalue weighted by molar-refractivity contribution is 0.0188. The highest BCUT2D eigenvalue weighted by molar-refractivity contribution is 6.28. The van der Waals surface area contributed by atoms with Gasteiger partial charge in [0.2, 0.25) is 5.28 Å². The highest BCUT2D eigenvalue weighted by atomic mass is 35.5. The van der Waals surface area contributed by atoms with Crippen molar-refractivity contribution in [3.63, 3.8) is 0 Å². The lowest BCUT2D eigenvalue weighted by Gasteiger charge is -2.33. The minimum Gasteiger partial charge on any atom is -0.444 e. The molecule has 3 heterocycles. The fraction of sp³-hybridized carbons (Fsp3) is 0.667. The molecule has 0 aliphatic carbocycles. The van der Waals surface area contributed by atoms with E-state index in [1.165, 1.54) is 0 Å². The zero-order valence-corrected chi connectivity index (χ0v) is 17.2. The van der Waals surface area contributed by atoms with E-state index in [4.69, 9.17) is 16.3 Å². The van der Waals surface area contributed by atoms with Gasteiger partial charge < -0.3 is 9.64 Å². The van der Waals surface area contributed by atoms with Gasteiger partial charge in [0.15, 0.2) is 5.65 Å². The molecule has 1 aliphatic rings. The molecule has 0 radical (unpaired) electrons. The average Bonchev–Trinajstić information content (AvgIpc) is 2.84. The molecular formula is C18H26ClN5O3. The van der Waals surface area contributed by atoms with E-state index in [1.807, 2.05) is 34.6 Å². The minimum atomic E-state index is -0.525. The third-order valence-electron chi connectivity index (χ3n) is 4.62. The third kappa shape index (κ3) is 3.95. The number of aromatic nitrogens is 4. The van der Waals surface area contributed by atoms with Crippen LogP contribution < -0.4 is 5.69 Å². The summed E-state index contributed by atoms with van der Waals surface area (Å²) in [5.74, 6) is 0. The second-order valence-corrected chi connectivity index (χ2v) is 8.50. The average molecular weight is 396 g/mol. The molecule has 148 valence electrons. The molecule has 3 rings (SSSR count). The van der Waals surface area contributed by atoms with Gasteiger partial charge >= 0.3 is 11.8 Å². The van der Waals surface area contributed by atoms with Crippen molar-refractivity contribution in [3.8, 4) is 0 Å². The summed E-state index contributed by atoms with van der Waals surface area (Å²) >= 11 is 5.98. The first-order valence-corrected chi connectivity index (χ1v) is 9.59. The van der Waals surface area contributed by atoms with Gasteiger partial charge in [-0.1, -0.05) is 0 Å². The SMILES string of the molecule is CC(C)n1c(=O)n(C2CCN(C(=O)OC(C)(C)C)CC2)c2nc(Cl)ncc21. The summed E-state index contributed by atoms with van der Waals surface area (Å²) in [7, 11) is 0. The van der Waals surface area contributed by atoms with Crippen molar-refractivity contribution in [2.24, 2.45) is 0 Å². The second-order valence-electron chi connectivity index (χ2n) is 8.16. The predicted molar refractivity (Wildman–Crippen MR) is 103 cm³/mol. The number of likely N-dealkylation sites (tertiary alicyclic amines) is 1. The van der Waals surface area contributed by atoms with Crippen molar-refractivity contribution in [3.05, 3.63) is 22.0 Å². The number of hydrogen-bond acceptors (Lipinski definition) is 5. The number of nitrogens with zero attached hydrogens (tertiary/aromatic N) is 5. The van der Waals surface area contributed by atoms with Gasteiger partial charge in [-0.25, -0.2) is 14.6 Å². The van der Waals surface area contributed by atoms with Crippen LogP contribution in [0.5, 0.6) is 0 Å². The summed E-state index contributed by atoms with van der Waals surface area (Å²) < 4.78 is 8.83. The zero-order chi connectivity index (χ0) is 19.9. The van der Waals surface area contributed by atoms with Crippen LogP contribution in [0.3, 0.4) is 0 Å². The molecule has 0 atom stereocenters. The number of ether oxygens (including phenoxy) is 1. The van der Waals surface area contributed by atoms with Crippen LogP contribution in [0.25, 0.3) is 11.2 Å². The second kappa shape index (κ2) is 7.14. The van der Waals surface area contributed by atoms with E-state index >= 15 is 0 Å². The molecule has 2 aromatic rings. The Kier molecular flexibility index (Phi) is 5.20. The van der Waals surface area contributed by atoms with Crippen LogP contribution in [0.15, 0.2) is 11.0 Å². The quantitative estimate of drug-likeness (QED) is 0.728. The molecule has 8 nitrogen and oxygen atoms in total. The standard InChI is InChI=1S/C18H26ClN5O3/c1-11(2)23-13-10-20-15(19)21-14(13)24(16(23)25)12-6-8-22(9-7-12)17(26)27-18(3,4)5/h10-12H,6-9H2,1-5H3. The highest BCUT2D eigenvalue weighted by Crippen LogP contribution is 2.27. The van der Waals surface area contributed by atoms with Crippen molar-refractivity contribution in [1.29, 1.82) is 0 Å². The Bertz CT molecular complexity index is 904. The molecule has 1 aliphatic heterocycles. The number of fused-ring (bicyclic) bond motifs is 1. The van der Waals surface area contributed by atoms with Crippen LogP contribution in [0.2, 0.25) is 5.28 Å². The normalized spacial score (nSPS) is 16.3. The van der Waals surface area contributed by atoms with Gasteiger partial charge in [0.1, 0.15) is 11.1 Å². The smallest absolute Gasteiger partial charge is 0.410 e. The molecule has 1 fully saturated rings. The van der Waals surface area contributed by atoms with Gasteiger partial charge in [-0.2, -0.15) is 4.98 Å². The fourth-order valence-corrected chi connectivity index (χ4v) is 3.59. The number of hydrogen-bond donors (Lipinski definition) is 0. The number of imidazole rings is 1. The van der Waals surface area contributed by atoms with E-state index < -0.39 is 5.60 Å². The van der Waals surface area contributed by atoms with E-state index in [1.54, 1.807) is 20.2 Å². The van der Waals surface area contributed by atoms with E-state index in [9.17, 15) is 9.59 Å². The Morgan fingerprint density at radius 3 is 2.48 bits per heavy atom. The number of halogens is 1. The Labute approximate surface area is 163 Å². The van der Waals surface area contributed by atoms with Crippen LogP contribution in [-0.2, 0) is 4.74 Å². The highest BCUT2D eigenvalue weighted by Gasteiger charge is 2.30. The van der Waals surface area contributed by atoms with Gasteiger partial charge in [0.05, 0.1) is 6.20 Å². The van der Waals surface area contributed by atoms with Crippen LogP contribution >= 0.6 is 11.6 Å². The summed E-state index contributed by atoms with van der Waals surface area (Å²) in [6.07, 6.45) is 2.58. The van der Waals surface area contributed by atoms with Crippen LogP contribution in [0, 0.1) is 0 Å². The molecule has 0 unspecified atom stereocenters. The summed E-state index contributed by atoms with van der Waals surface area (Å²) in [5.41, 5.74) is 0.578. The first-order valence-electron chi connectivity index (χ1n) is 9.21. The maximum absolute atomic E-state index is 13.1. The Morgan fingerprint density at radius 2 is 1.93 bits per heavy atom. The topological polar surface area (TPSA) is 82.2 Å². The fourth-order valence-electron chi connectivity index (χ4n) is 3.46. The van der Waals surface area contributed by atoms with Crippen LogP contribution in [-0.4, -0.2) is 48.8 Å². The monoisotopic (exact) mass is 395 g/mol. The number of carbonyl (C=O) groups excluding carboxylic acids is 1. The molecule has 1 amide bonds. The van der Waals surface area contributed by atoms with Gasteiger partial charge in [-0.3, -0.25) is 9.13 Å². The lowest BCUT2D eigenvalue weighted by atomic mass is 10.1. The van der Waals surface area contributed by atoms with Crippen molar-refractivity contribution < 1.29 is 9.53 Å². The number of rotatable bonds is 2. The van der Waals surface area contributed by atoms with Gasteiger partial charge in [0, 0.05) is 25.2 Å². The maximum atomic E-state index is 13.1. The third-order valence-corrected chi connectivity index (χ3v) is 4.80. The first-order chi connectivity index (χ1) is 12.6. The van der Waals surface area contributed by atoms with Crippen molar-refractivity contribution in [2.45, 2.75) is 65.1 Å². The molecule has 9 heteroatoms. The Balaban J connectivity index is 1.88. The summed E-state index contributed by atoms with van der Waals surface area (Å²) in [4.78, 5) is 35.4. The molecule has 0 aromatic carbocycles. The first kappa shape index (κ1) is 19.7. The largest absolute Gasteiger partial charge is 0.444 e. The summed E-state index contributed by atoms with van der Waals surface area (Å²) in [6, 6.07) is -0.0717. The predicted octanol–water partition coefficient (Wildman–Crippen LogP) is 3.40. The molecule has 0 spiro atoms. The summed E-state index contributed by atoms with van der Waals surface area (Å²) in [5, 5.41) is 0.114. The van der Waals surface area contributed by atoms with E-state index in [-0.39, 0.29) is 29.2 Å². The number of carbonyl (C=O) groups is 1. The number of piperidine rings is 1. The van der Waals surface area contributed by atoms with Crippen molar-refractivity contribution in [2.75, 3.05) is 13.1 Å². The molecule has 2 aromatic heterocycles. The summed E-state index contributed by atoms with van der Waals surface area (Å²) in [6.45, 7) is 10.5. The molecule has 0 bridgehead atoms. The van der Waals surface area contributed by atoms with Gasteiger partial charge in [-0.15, -0.1) is 0 Å². The molecule has 0 saturated carbocycles. The van der Waals surface area contributed by atoms with E-state index in [0.29, 0.717) is 37.1 Å². The van der Waals surface area contributed by atoms with Crippen molar-refractivity contribution in [1.82, 2.24) is 24.0 Å². The van der Waals surface area contributed by atoms with Crippen LogP contribution in [0.4, 0.5) is 4.79 Å². The Morgan fingerprint density at radius 1 is 1.30 bits per heavy atom. The lowest BCUT2D eigenvalue weighted by Crippen LogP contribution is -2.43. The molecule has 0 N–H and O–H groups in total. The molecule has 27 heavy (non-hydrogen) atoms. The molecule has 1 saturated heterocycles. The minimum absolute atomic E-state index is 0.0205. The molecular weight excluding hydrogens is 370 g/mol. The van der Waals surface area contributed by atoms with Crippen molar-refractivity contribution >= 4 is 28.9 Å². The van der Waals surface area contributed by atoms with Crippen LogP contribution in [0.1, 0.15) is 59.5 Å². The zero-order valence-electron chi connectivity index (χ0n) is 16.4. The van der Waals surface area contributed by atoms with Gasteiger partial charge in [0.25, 0.3) is 0 Å². The Hall–Kier alpha value is -2.09.